The second-order valence-corrected chi connectivity index (χ2v) is 4.67. The Morgan fingerprint density at radius 2 is 1.44 bits per heavy atom. The summed E-state index contributed by atoms with van der Waals surface area (Å²) in [6.07, 6.45) is 0.827. The SMILES string of the molecule is NCCC(c1ccc(F)cc1)c1ccc(Cl)cc1. The summed E-state index contributed by atoms with van der Waals surface area (Å²) < 4.78 is 12.9. The van der Waals surface area contributed by atoms with Crippen LogP contribution >= 0.6 is 11.6 Å². The van der Waals surface area contributed by atoms with Crippen LogP contribution in [0.3, 0.4) is 0 Å². The average molecular weight is 264 g/mol. The van der Waals surface area contributed by atoms with Crippen LogP contribution in [0.25, 0.3) is 0 Å². The van der Waals surface area contributed by atoms with Crippen molar-refractivity contribution in [3.8, 4) is 0 Å². The maximum absolute atomic E-state index is 12.9. The lowest BCUT2D eigenvalue weighted by atomic mass is 9.88. The Kier molecular flexibility index (Phi) is 4.34. The molecule has 0 fully saturated rings. The zero-order valence-electron chi connectivity index (χ0n) is 9.94. The highest BCUT2D eigenvalue weighted by Gasteiger charge is 2.13. The maximum Gasteiger partial charge on any atom is 0.123 e. The number of rotatable bonds is 4. The van der Waals surface area contributed by atoms with Crippen LogP contribution in [-0.4, -0.2) is 6.54 Å². The lowest BCUT2D eigenvalue weighted by Gasteiger charge is -2.17. The number of hydrogen-bond acceptors (Lipinski definition) is 1. The van der Waals surface area contributed by atoms with Crippen LogP contribution in [0.5, 0.6) is 0 Å². The van der Waals surface area contributed by atoms with Crippen LogP contribution in [-0.2, 0) is 0 Å². The molecule has 0 spiro atoms. The Bertz CT molecular complexity index is 447. The summed E-state index contributed by atoms with van der Waals surface area (Å²) in [5.41, 5.74) is 7.89. The Hall–Kier alpha value is -1.38. The van der Waals surface area contributed by atoms with Crippen molar-refractivity contribution in [2.45, 2.75) is 12.3 Å². The van der Waals surface area contributed by atoms with E-state index in [1.54, 1.807) is 0 Å². The van der Waals surface area contributed by atoms with Crippen molar-refractivity contribution in [1.29, 1.82) is 0 Å². The molecule has 0 aliphatic rings. The van der Waals surface area contributed by atoms with Crippen LogP contribution in [0.2, 0.25) is 5.02 Å². The Morgan fingerprint density at radius 3 is 1.94 bits per heavy atom. The smallest absolute Gasteiger partial charge is 0.123 e. The summed E-state index contributed by atoms with van der Waals surface area (Å²) in [5.74, 6) is -0.0331. The Balaban J connectivity index is 2.33. The molecule has 0 aromatic heterocycles. The van der Waals surface area contributed by atoms with Gasteiger partial charge >= 0.3 is 0 Å². The molecule has 0 radical (unpaired) electrons. The summed E-state index contributed by atoms with van der Waals surface area (Å²) in [6, 6.07) is 14.3. The third-order valence-corrected chi connectivity index (χ3v) is 3.25. The van der Waals surface area contributed by atoms with Gasteiger partial charge in [-0.3, -0.25) is 0 Å². The van der Waals surface area contributed by atoms with Crippen molar-refractivity contribution < 1.29 is 4.39 Å². The second kappa shape index (κ2) is 5.98. The van der Waals surface area contributed by atoms with Crippen LogP contribution in [0.1, 0.15) is 23.5 Å². The van der Waals surface area contributed by atoms with Crippen molar-refractivity contribution in [2.75, 3.05) is 6.54 Å². The van der Waals surface area contributed by atoms with E-state index in [2.05, 4.69) is 0 Å². The summed E-state index contributed by atoms with van der Waals surface area (Å²) in [5, 5.41) is 0.712. The molecule has 18 heavy (non-hydrogen) atoms. The molecule has 0 aliphatic heterocycles. The minimum Gasteiger partial charge on any atom is -0.330 e. The largest absolute Gasteiger partial charge is 0.330 e. The summed E-state index contributed by atoms with van der Waals surface area (Å²) >= 11 is 5.89. The van der Waals surface area contributed by atoms with E-state index in [1.165, 1.54) is 12.1 Å². The third kappa shape index (κ3) is 3.09. The minimum atomic E-state index is -0.221. The van der Waals surface area contributed by atoms with Crippen molar-refractivity contribution in [3.05, 3.63) is 70.5 Å². The van der Waals surface area contributed by atoms with Gasteiger partial charge in [0.2, 0.25) is 0 Å². The highest BCUT2D eigenvalue weighted by atomic mass is 35.5. The van der Waals surface area contributed by atoms with E-state index in [4.69, 9.17) is 17.3 Å². The second-order valence-electron chi connectivity index (χ2n) is 4.23. The fraction of sp³-hybridized carbons (Fsp3) is 0.200. The van der Waals surface area contributed by atoms with Crippen LogP contribution in [0, 0.1) is 5.82 Å². The fourth-order valence-electron chi connectivity index (χ4n) is 2.08. The Labute approximate surface area is 111 Å². The first-order chi connectivity index (χ1) is 8.70. The van der Waals surface area contributed by atoms with Crippen molar-refractivity contribution in [3.63, 3.8) is 0 Å². The maximum atomic E-state index is 12.9. The van der Waals surface area contributed by atoms with Crippen molar-refractivity contribution in [2.24, 2.45) is 5.73 Å². The van der Waals surface area contributed by atoms with Crippen molar-refractivity contribution in [1.82, 2.24) is 0 Å². The lowest BCUT2D eigenvalue weighted by molar-refractivity contribution is 0.625. The van der Waals surface area contributed by atoms with E-state index in [9.17, 15) is 4.39 Å². The first kappa shape index (κ1) is 13.1. The molecule has 2 aromatic rings. The monoisotopic (exact) mass is 263 g/mol. The molecule has 0 saturated carbocycles. The fourth-order valence-corrected chi connectivity index (χ4v) is 2.21. The van der Waals surface area contributed by atoms with Gasteiger partial charge in [0, 0.05) is 10.9 Å². The van der Waals surface area contributed by atoms with Gasteiger partial charge in [0.15, 0.2) is 0 Å². The molecule has 2 rings (SSSR count). The molecule has 0 saturated heterocycles. The van der Waals surface area contributed by atoms with Crippen LogP contribution < -0.4 is 5.73 Å². The molecule has 1 unspecified atom stereocenters. The molecule has 1 atom stereocenters. The number of hydrogen-bond donors (Lipinski definition) is 1. The van der Waals surface area contributed by atoms with E-state index >= 15 is 0 Å². The molecular weight excluding hydrogens is 249 g/mol. The van der Waals surface area contributed by atoms with E-state index in [1.807, 2.05) is 36.4 Å². The Morgan fingerprint density at radius 1 is 0.944 bits per heavy atom. The van der Waals surface area contributed by atoms with Gasteiger partial charge in [-0.25, -0.2) is 4.39 Å². The normalized spacial score (nSPS) is 12.4. The molecule has 0 bridgehead atoms. The number of benzene rings is 2. The quantitative estimate of drug-likeness (QED) is 0.888. The van der Waals surface area contributed by atoms with Gasteiger partial charge in [0.05, 0.1) is 0 Å². The van der Waals surface area contributed by atoms with Gasteiger partial charge in [0.1, 0.15) is 5.82 Å². The van der Waals surface area contributed by atoms with Gasteiger partial charge in [-0.05, 0) is 48.4 Å². The van der Waals surface area contributed by atoms with Gasteiger partial charge < -0.3 is 5.73 Å². The summed E-state index contributed by atoms with van der Waals surface area (Å²) in [6.45, 7) is 0.588. The van der Waals surface area contributed by atoms with Gasteiger partial charge in [0.25, 0.3) is 0 Å². The van der Waals surface area contributed by atoms with E-state index in [0.717, 1.165) is 17.5 Å². The zero-order chi connectivity index (χ0) is 13.0. The first-order valence-corrected chi connectivity index (χ1v) is 6.29. The molecule has 0 amide bonds. The van der Waals surface area contributed by atoms with Gasteiger partial charge in [-0.1, -0.05) is 35.9 Å². The highest BCUT2D eigenvalue weighted by Crippen LogP contribution is 2.28. The average Bonchev–Trinajstić information content (AvgIpc) is 2.39. The van der Waals surface area contributed by atoms with Gasteiger partial charge in [-0.15, -0.1) is 0 Å². The predicted molar refractivity (Wildman–Crippen MR) is 73.4 cm³/mol. The van der Waals surface area contributed by atoms with Gasteiger partial charge in [-0.2, -0.15) is 0 Å². The standard InChI is InChI=1S/C15H15ClFN/c16-13-5-1-11(2-6-13)15(9-10-18)12-3-7-14(17)8-4-12/h1-8,15H,9-10,18H2. The highest BCUT2D eigenvalue weighted by molar-refractivity contribution is 6.30. The van der Waals surface area contributed by atoms with Crippen LogP contribution in [0.4, 0.5) is 4.39 Å². The molecule has 1 nitrogen and oxygen atoms in total. The van der Waals surface area contributed by atoms with Crippen LogP contribution in [0.15, 0.2) is 48.5 Å². The summed E-state index contributed by atoms with van der Waals surface area (Å²) in [7, 11) is 0. The molecule has 2 aromatic carbocycles. The number of nitrogens with two attached hydrogens (primary N) is 1. The molecule has 2 N–H and O–H groups in total. The molecule has 0 heterocycles. The molecular formula is C15H15ClFN. The topological polar surface area (TPSA) is 26.0 Å². The predicted octanol–water partition coefficient (Wildman–Crippen LogP) is 3.96. The molecule has 0 aliphatic carbocycles. The zero-order valence-corrected chi connectivity index (χ0v) is 10.7. The molecule has 94 valence electrons. The first-order valence-electron chi connectivity index (χ1n) is 5.91. The third-order valence-electron chi connectivity index (χ3n) is 3.00. The minimum absolute atomic E-state index is 0.188. The summed E-state index contributed by atoms with van der Waals surface area (Å²) in [4.78, 5) is 0. The molecule has 3 heteroatoms. The van der Waals surface area contributed by atoms with E-state index in [-0.39, 0.29) is 11.7 Å². The van der Waals surface area contributed by atoms with E-state index < -0.39 is 0 Å². The number of halogens is 2. The van der Waals surface area contributed by atoms with Crippen molar-refractivity contribution >= 4 is 11.6 Å². The van der Waals surface area contributed by atoms with E-state index in [0.29, 0.717) is 11.6 Å². The lowest BCUT2D eigenvalue weighted by Crippen LogP contribution is -2.08.